The first-order chi connectivity index (χ1) is 24.2. The quantitative estimate of drug-likeness (QED) is 0.196. The van der Waals surface area contributed by atoms with Crippen molar-refractivity contribution in [3.8, 4) is 56.4 Å². The summed E-state index contributed by atoms with van der Waals surface area (Å²) in [5.41, 5.74) is 10.5. The van der Waals surface area contributed by atoms with Gasteiger partial charge in [-0.05, 0) is 102 Å². The van der Waals surface area contributed by atoms with E-state index >= 15 is 0 Å². The Morgan fingerprint density at radius 1 is 0.306 bits per heavy atom. The van der Waals surface area contributed by atoms with E-state index < -0.39 is 0 Å². The van der Waals surface area contributed by atoms with Gasteiger partial charge in [0, 0.05) is 16.7 Å². The Bertz CT molecular complexity index is 2750. The van der Waals surface area contributed by atoms with Crippen molar-refractivity contribution in [3.63, 3.8) is 0 Å². The molecule has 10 rings (SSSR count). The topological polar surface area (TPSA) is 38.7 Å². The van der Waals surface area contributed by atoms with E-state index in [4.69, 9.17) is 15.0 Å². The third-order valence-electron chi connectivity index (χ3n) is 9.84. The second-order valence-corrected chi connectivity index (χ2v) is 12.9. The second kappa shape index (κ2) is 11.1. The first kappa shape index (κ1) is 27.6. The average Bonchev–Trinajstić information content (AvgIpc) is 3.53. The van der Waals surface area contributed by atoms with Crippen molar-refractivity contribution in [2.24, 2.45) is 0 Å². The summed E-state index contributed by atoms with van der Waals surface area (Å²) in [6.07, 6.45) is 0.859. The molecule has 0 aliphatic heterocycles. The van der Waals surface area contributed by atoms with Gasteiger partial charge in [-0.3, -0.25) is 0 Å². The van der Waals surface area contributed by atoms with E-state index in [9.17, 15) is 0 Å². The molecule has 1 aliphatic carbocycles. The molecule has 0 unspecified atom stereocenters. The summed E-state index contributed by atoms with van der Waals surface area (Å²) >= 11 is 0. The molecule has 3 heteroatoms. The van der Waals surface area contributed by atoms with Gasteiger partial charge in [-0.25, -0.2) is 15.0 Å². The van der Waals surface area contributed by atoms with Crippen LogP contribution in [0.3, 0.4) is 0 Å². The molecule has 0 radical (unpaired) electrons. The zero-order chi connectivity index (χ0) is 32.3. The summed E-state index contributed by atoms with van der Waals surface area (Å²) < 4.78 is 0. The van der Waals surface area contributed by atoms with Crippen LogP contribution in [0.5, 0.6) is 0 Å². The summed E-state index contributed by atoms with van der Waals surface area (Å²) in [6.45, 7) is 0. The predicted octanol–water partition coefficient (Wildman–Crippen LogP) is 11.6. The number of fused-ring (bicyclic) bond motifs is 6. The number of rotatable bonds is 4. The van der Waals surface area contributed by atoms with Crippen LogP contribution in [-0.2, 0) is 6.42 Å². The molecule has 0 spiro atoms. The van der Waals surface area contributed by atoms with Gasteiger partial charge in [-0.1, -0.05) is 133 Å². The van der Waals surface area contributed by atoms with Crippen molar-refractivity contribution in [1.82, 2.24) is 15.0 Å². The first-order valence-corrected chi connectivity index (χ1v) is 16.7. The average molecular weight is 624 g/mol. The molecule has 0 saturated heterocycles. The Hall–Kier alpha value is -6.45. The Labute approximate surface area is 284 Å². The fourth-order valence-electron chi connectivity index (χ4n) is 7.42. The lowest BCUT2D eigenvalue weighted by atomic mass is 9.90. The summed E-state index contributed by atoms with van der Waals surface area (Å²) in [7, 11) is 0. The van der Waals surface area contributed by atoms with Crippen LogP contribution in [0, 0.1) is 0 Å². The molecule has 0 bridgehead atoms. The lowest BCUT2D eigenvalue weighted by molar-refractivity contribution is 1.07. The molecule has 0 N–H and O–H groups in total. The SMILES string of the molecule is c1ccc(-c2nc(-c3cc4c(c(-c5ccc6ccccc6c5)c3)-c3cc5ccccc5cc3C4)nc(-c3ccc4ccccc4c3)n2)cc1. The van der Waals surface area contributed by atoms with E-state index in [0.29, 0.717) is 17.5 Å². The van der Waals surface area contributed by atoms with E-state index in [0.717, 1.165) is 28.5 Å². The van der Waals surface area contributed by atoms with E-state index in [1.807, 2.05) is 18.2 Å². The number of hydrogen-bond donors (Lipinski definition) is 0. The molecule has 0 fully saturated rings. The van der Waals surface area contributed by atoms with Gasteiger partial charge in [-0.15, -0.1) is 0 Å². The molecule has 1 aliphatic rings. The molecule has 3 nitrogen and oxygen atoms in total. The Morgan fingerprint density at radius 2 is 0.816 bits per heavy atom. The van der Waals surface area contributed by atoms with Gasteiger partial charge in [0.05, 0.1) is 0 Å². The number of hydrogen-bond acceptors (Lipinski definition) is 3. The maximum Gasteiger partial charge on any atom is 0.164 e. The van der Waals surface area contributed by atoms with Gasteiger partial charge in [-0.2, -0.15) is 0 Å². The fourth-order valence-corrected chi connectivity index (χ4v) is 7.42. The highest BCUT2D eigenvalue weighted by molar-refractivity contribution is 6.00. The molecule has 0 saturated carbocycles. The molecule has 0 atom stereocenters. The predicted molar refractivity (Wildman–Crippen MR) is 202 cm³/mol. The standard InChI is InChI=1S/C46H29N3/c1-2-12-31(13-3-1)44-47-45(37-21-19-30-11-5-7-15-33(30)23-37)49-46(48-44)40-26-39-25-38-24-34-16-8-9-17-35(34)27-42(38)43(39)41(28-40)36-20-18-29-10-4-6-14-32(29)22-36/h1-24,26-28H,25H2. The van der Waals surface area contributed by atoms with Crippen LogP contribution in [0.2, 0.25) is 0 Å². The highest BCUT2D eigenvalue weighted by atomic mass is 15.0. The lowest BCUT2D eigenvalue weighted by Gasteiger charge is -2.15. The molecule has 1 aromatic heterocycles. The smallest absolute Gasteiger partial charge is 0.164 e. The molecule has 0 amide bonds. The number of aromatic nitrogens is 3. The highest BCUT2D eigenvalue weighted by Crippen LogP contribution is 2.47. The van der Waals surface area contributed by atoms with Crippen LogP contribution in [0.1, 0.15) is 11.1 Å². The normalized spacial score (nSPS) is 12.0. The molecule has 49 heavy (non-hydrogen) atoms. The summed E-state index contributed by atoms with van der Waals surface area (Å²) in [5, 5.41) is 7.33. The van der Waals surface area contributed by atoms with Crippen molar-refractivity contribution in [3.05, 3.63) is 175 Å². The lowest BCUT2D eigenvalue weighted by Crippen LogP contribution is -2.01. The fraction of sp³-hybridized carbons (Fsp3) is 0.0217. The van der Waals surface area contributed by atoms with E-state index in [1.54, 1.807) is 0 Å². The van der Waals surface area contributed by atoms with Crippen LogP contribution in [0.15, 0.2) is 164 Å². The van der Waals surface area contributed by atoms with Crippen LogP contribution in [0.25, 0.3) is 88.7 Å². The monoisotopic (exact) mass is 623 g/mol. The van der Waals surface area contributed by atoms with E-state index in [-0.39, 0.29) is 0 Å². The van der Waals surface area contributed by atoms with Crippen LogP contribution in [0.4, 0.5) is 0 Å². The van der Waals surface area contributed by atoms with Crippen molar-refractivity contribution in [2.45, 2.75) is 6.42 Å². The van der Waals surface area contributed by atoms with Crippen LogP contribution < -0.4 is 0 Å². The summed E-state index contributed by atoms with van der Waals surface area (Å²) in [6, 6.07) is 58.4. The molecule has 1 heterocycles. The molecule has 8 aromatic carbocycles. The molecular formula is C46H29N3. The van der Waals surface area contributed by atoms with Gasteiger partial charge in [0.1, 0.15) is 0 Å². The summed E-state index contributed by atoms with van der Waals surface area (Å²) in [5.74, 6) is 2.00. The minimum Gasteiger partial charge on any atom is -0.208 e. The first-order valence-electron chi connectivity index (χ1n) is 16.7. The maximum atomic E-state index is 5.19. The third kappa shape index (κ3) is 4.78. The largest absolute Gasteiger partial charge is 0.208 e. The minimum absolute atomic E-state index is 0.663. The Morgan fingerprint density at radius 3 is 1.49 bits per heavy atom. The maximum absolute atomic E-state index is 5.19. The zero-order valence-corrected chi connectivity index (χ0v) is 26.6. The van der Waals surface area contributed by atoms with Crippen molar-refractivity contribution in [1.29, 1.82) is 0 Å². The van der Waals surface area contributed by atoms with Crippen molar-refractivity contribution >= 4 is 32.3 Å². The highest BCUT2D eigenvalue weighted by Gasteiger charge is 2.25. The van der Waals surface area contributed by atoms with Gasteiger partial charge in [0.2, 0.25) is 0 Å². The van der Waals surface area contributed by atoms with Gasteiger partial charge in [0.25, 0.3) is 0 Å². The Kier molecular flexibility index (Phi) is 6.25. The number of benzene rings is 8. The molecule has 228 valence electrons. The Balaban J connectivity index is 1.22. The summed E-state index contributed by atoms with van der Waals surface area (Å²) in [4.78, 5) is 15.4. The van der Waals surface area contributed by atoms with Crippen LogP contribution in [-0.4, -0.2) is 15.0 Å². The van der Waals surface area contributed by atoms with E-state index in [1.165, 1.54) is 60.3 Å². The minimum atomic E-state index is 0.663. The van der Waals surface area contributed by atoms with Gasteiger partial charge >= 0.3 is 0 Å². The molecular weight excluding hydrogens is 595 g/mol. The molecule has 9 aromatic rings. The number of nitrogens with zero attached hydrogens (tertiary/aromatic N) is 3. The van der Waals surface area contributed by atoms with Crippen LogP contribution >= 0.6 is 0 Å². The van der Waals surface area contributed by atoms with E-state index in [2.05, 4.69) is 146 Å². The van der Waals surface area contributed by atoms with Crippen molar-refractivity contribution in [2.75, 3.05) is 0 Å². The second-order valence-electron chi connectivity index (χ2n) is 12.9. The van der Waals surface area contributed by atoms with Gasteiger partial charge < -0.3 is 0 Å². The van der Waals surface area contributed by atoms with Gasteiger partial charge in [0.15, 0.2) is 17.5 Å². The zero-order valence-electron chi connectivity index (χ0n) is 26.6. The van der Waals surface area contributed by atoms with Crippen molar-refractivity contribution < 1.29 is 0 Å². The third-order valence-corrected chi connectivity index (χ3v) is 9.84.